The molecule has 1 rings (SSSR count). The van der Waals surface area contributed by atoms with Gasteiger partial charge in [-0.05, 0) is 18.2 Å². The third-order valence-corrected chi connectivity index (χ3v) is 1.25. The Morgan fingerprint density at radius 2 is 2.09 bits per heavy atom. The molecule has 0 fully saturated rings. The van der Waals surface area contributed by atoms with Gasteiger partial charge in [-0.3, -0.25) is 5.41 Å². The summed E-state index contributed by atoms with van der Waals surface area (Å²) in [7, 11) is 0. The molecule has 0 aliphatic heterocycles. The zero-order valence-corrected chi connectivity index (χ0v) is 5.57. The highest BCUT2D eigenvalue weighted by Gasteiger charge is 2.05. The molecule has 0 spiro atoms. The van der Waals surface area contributed by atoms with Crippen molar-refractivity contribution in [3.63, 3.8) is 0 Å². The average Bonchev–Trinajstić information content (AvgIpc) is 1.94. The van der Waals surface area contributed by atoms with E-state index in [2.05, 4.69) is 0 Å². The van der Waals surface area contributed by atoms with Gasteiger partial charge in [-0.2, -0.15) is 4.39 Å². The van der Waals surface area contributed by atoms with E-state index < -0.39 is 11.8 Å². The Kier molecular flexibility index (Phi) is 1.85. The van der Waals surface area contributed by atoms with E-state index in [9.17, 15) is 8.78 Å². The number of hydrogen-bond acceptors (Lipinski definition) is 2. The summed E-state index contributed by atoms with van der Waals surface area (Å²) in [5, 5.41) is 6.56. The molecule has 0 amide bonds. The van der Waals surface area contributed by atoms with Crippen molar-refractivity contribution in [1.29, 1.82) is 5.41 Å². The number of anilines is 1. The van der Waals surface area contributed by atoms with Crippen molar-refractivity contribution < 1.29 is 8.78 Å². The Balaban J connectivity index is 3.23. The molecular formula is C7H6F2N2. The minimum absolute atomic E-state index is 0.0684. The van der Waals surface area contributed by atoms with E-state index in [0.29, 0.717) is 0 Å². The maximum absolute atomic E-state index is 12.4. The molecule has 0 aromatic heterocycles. The van der Waals surface area contributed by atoms with Crippen LogP contribution in [-0.4, -0.2) is 5.97 Å². The third-order valence-electron chi connectivity index (χ3n) is 1.25. The van der Waals surface area contributed by atoms with Crippen molar-refractivity contribution >= 4 is 11.7 Å². The smallest absolute Gasteiger partial charge is 0.215 e. The van der Waals surface area contributed by atoms with Crippen molar-refractivity contribution in [2.24, 2.45) is 0 Å². The molecule has 58 valence electrons. The van der Waals surface area contributed by atoms with Crippen LogP contribution in [0.1, 0.15) is 5.56 Å². The highest BCUT2D eigenvalue weighted by Crippen LogP contribution is 2.13. The predicted octanol–water partition coefficient (Wildman–Crippen LogP) is 1.70. The second kappa shape index (κ2) is 2.65. The third kappa shape index (κ3) is 1.52. The van der Waals surface area contributed by atoms with Gasteiger partial charge in [0.2, 0.25) is 5.97 Å². The summed E-state index contributed by atoms with van der Waals surface area (Å²) in [4.78, 5) is 0. The van der Waals surface area contributed by atoms with Crippen molar-refractivity contribution in [3.05, 3.63) is 29.6 Å². The van der Waals surface area contributed by atoms with Gasteiger partial charge in [-0.15, -0.1) is 0 Å². The summed E-state index contributed by atoms with van der Waals surface area (Å²) in [5.41, 5.74) is 5.11. The number of rotatable bonds is 1. The van der Waals surface area contributed by atoms with Crippen molar-refractivity contribution in [1.82, 2.24) is 0 Å². The van der Waals surface area contributed by atoms with Crippen LogP contribution in [0.25, 0.3) is 0 Å². The van der Waals surface area contributed by atoms with E-state index >= 15 is 0 Å². The van der Waals surface area contributed by atoms with Crippen molar-refractivity contribution in [2.75, 3.05) is 5.73 Å². The Labute approximate surface area is 62.2 Å². The van der Waals surface area contributed by atoms with Crippen LogP contribution < -0.4 is 5.73 Å². The number of hydrogen-bond donors (Lipinski definition) is 2. The summed E-state index contributed by atoms with van der Waals surface area (Å²) in [6, 6.07) is 3.22. The van der Waals surface area contributed by atoms with Gasteiger partial charge < -0.3 is 5.73 Å². The van der Waals surface area contributed by atoms with Crippen LogP contribution in [0.3, 0.4) is 0 Å². The molecule has 0 unspecified atom stereocenters. The summed E-state index contributed by atoms with van der Waals surface area (Å²) in [6.07, 6.45) is 0. The lowest BCUT2D eigenvalue weighted by molar-refractivity contribution is 0.627. The highest BCUT2D eigenvalue weighted by atomic mass is 19.1. The molecule has 3 N–H and O–H groups in total. The second-order valence-corrected chi connectivity index (χ2v) is 2.05. The van der Waals surface area contributed by atoms with Crippen molar-refractivity contribution in [2.45, 2.75) is 0 Å². The monoisotopic (exact) mass is 156 g/mol. The lowest BCUT2D eigenvalue weighted by Crippen LogP contribution is -1.98. The fourth-order valence-electron chi connectivity index (χ4n) is 0.719. The molecule has 0 heterocycles. The predicted molar refractivity (Wildman–Crippen MR) is 38.7 cm³/mol. The number of nitrogen functional groups attached to an aromatic ring is 1. The molecule has 0 atom stereocenters. The van der Waals surface area contributed by atoms with Gasteiger partial charge in [0, 0.05) is 5.69 Å². The van der Waals surface area contributed by atoms with Gasteiger partial charge >= 0.3 is 0 Å². The SMILES string of the molecule is N=C(F)c1cc(F)ccc1N. The summed E-state index contributed by atoms with van der Waals surface area (Å²) < 4.78 is 24.6. The average molecular weight is 156 g/mol. The Hall–Kier alpha value is -1.45. The molecule has 0 saturated heterocycles. The summed E-state index contributed by atoms with van der Waals surface area (Å²) in [6.45, 7) is 0. The first-order valence-corrected chi connectivity index (χ1v) is 2.90. The molecule has 0 bridgehead atoms. The fraction of sp³-hybridized carbons (Fsp3) is 0. The van der Waals surface area contributed by atoms with Gasteiger partial charge in [0.25, 0.3) is 0 Å². The van der Waals surface area contributed by atoms with Crippen LogP contribution in [0.2, 0.25) is 0 Å². The van der Waals surface area contributed by atoms with Gasteiger partial charge in [0.15, 0.2) is 0 Å². The maximum Gasteiger partial charge on any atom is 0.215 e. The van der Waals surface area contributed by atoms with E-state index in [-0.39, 0.29) is 11.3 Å². The van der Waals surface area contributed by atoms with Crippen LogP contribution >= 0.6 is 0 Å². The van der Waals surface area contributed by atoms with Crippen LogP contribution in [0.15, 0.2) is 18.2 Å². The molecule has 2 nitrogen and oxygen atoms in total. The van der Waals surface area contributed by atoms with E-state index in [0.717, 1.165) is 12.1 Å². The first-order valence-electron chi connectivity index (χ1n) is 2.90. The first kappa shape index (κ1) is 7.65. The van der Waals surface area contributed by atoms with Gasteiger partial charge in [0.1, 0.15) is 5.82 Å². The fourth-order valence-corrected chi connectivity index (χ4v) is 0.719. The second-order valence-electron chi connectivity index (χ2n) is 2.05. The number of nitrogens with two attached hydrogens (primary N) is 1. The molecular weight excluding hydrogens is 150 g/mol. The van der Waals surface area contributed by atoms with E-state index in [4.69, 9.17) is 11.1 Å². The van der Waals surface area contributed by atoms with E-state index in [1.165, 1.54) is 6.07 Å². The quantitative estimate of drug-likeness (QED) is 0.472. The molecule has 0 aliphatic rings. The number of nitrogens with one attached hydrogen (secondary N) is 1. The molecule has 0 radical (unpaired) electrons. The zero-order chi connectivity index (χ0) is 8.43. The Bertz CT molecular complexity index is 296. The number of halogens is 2. The largest absolute Gasteiger partial charge is 0.398 e. The molecule has 11 heavy (non-hydrogen) atoms. The topological polar surface area (TPSA) is 49.9 Å². The standard InChI is InChI=1S/C7H6F2N2/c8-4-1-2-6(10)5(3-4)7(9)11/h1-3,11H,10H2. The molecule has 4 heteroatoms. The minimum Gasteiger partial charge on any atom is -0.398 e. The van der Waals surface area contributed by atoms with Gasteiger partial charge in [-0.1, -0.05) is 0 Å². The Morgan fingerprint density at radius 1 is 1.45 bits per heavy atom. The first-order chi connectivity index (χ1) is 5.11. The lowest BCUT2D eigenvalue weighted by Gasteiger charge is -1.99. The molecule has 0 saturated carbocycles. The summed E-state index contributed by atoms with van der Waals surface area (Å²) >= 11 is 0. The van der Waals surface area contributed by atoms with E-state index in [1.807, 2.05) is 0 Å². The zero-order valence-electron chi connectivity index (χ0n) is 5.57. The number of benzene rings is 1. The normalized spacial score (nSPS) is 9.64. The molecule has 1 aromatic carbocycles. The molecule has 0 aliphatic carbocycles. The van der Waals surface area contributed by atoms with Crippen molar-refractivity contribution in [3.8, 4) is 0 Å². The van der Waals surface area contributed by atoms with Gasteiger partial charge in [-0.25, -0.2) is 4.39 Å². The van der Waals surface area contributed by atoms with Crippen LogP contribution in [0.5, 0.6) is 0 Å². The summed E-state index contributed by atoms with van der Waals surface area (Å²) in [5.74, 6) is -1.82. The minimum atomic E-state index is -1.22. The lowest BCUT2D eigenvalue weighted by atomic mass is 10.2. The van der Waals surface area contributed by atoms with E-state index in [1.54, 1.807) is 0 Å². The van der Waals surface area contributed by atoms with Crippen LogP contribution in [-0.2, 0) is 0 Å². The molecule has 1 aromatic rings. The Morgan fingerprint density at radius 3 is 2.55 bits per heavy atom. The van der Waals surface area contributed by atoms with Crippen LogP contribution in [0, 0.1) is 11.2 Å². The highest BCUT2D eigenvalue weighted by molar-refractivity contribution is 5.95. The van der Waals surface area contributed by atoms with Gasteiger partial charge in [0.05, 0.1) is 5.56 Å². The van der Waals surface area contributed by atoms with Crippen LogP contribution in [0.4, 0.5) is 14.5 Å². The maximum atomic E-state index is 12.4.